The van der Waals surface area contributed by atoms with Gasteiger partial charge in [0.1, 0.15) is 0 Å². The van der Waals surface area contributed by atoms with Gasteiger partial charge in [-0.05, 0) is 18.6 Å². The monoisotopic (exact) mass is 332 g/mol. The van der Waals surface area contributed by atoms with E-state index in [1.54, 1.807) is 0 Å². The summed E-state index contributed by atoms with van der Waals surface area (Å²) in [6.07, 6.45) is 15.6. The lowest BCUT2D eigenvalue weighted by Gasteiger charge is -2.11. The zero-order valence-electron chi connectivity index (χ0n) is 15.2. The first-order valence-electron chi connectivity index (χ1n) is 9.64. The fraction of sp³-hybridized carbons (Fsp3) is 1.00. The number of hydrogen-bond donors (Lipinski definition) is 1. The maximum Gasteiger partial charge on any atom is 0.0863 e. The Bertz CT molecular complexity index is 180. The van der Waals surface area contributed by atoms with Gasteiger partial charge >= 0.3 is 0 Å². The van der Waals surface area contributed by atoms with Crippen LogP contribution in [-0.4, -0.2) is 35.9 Å². The molecule has 0 saturated carbocycles. The molecule has 0 aliphatic heterocycles. The van der Waals surface area contributed by atoms with E-state index in [9.17, 15) is 5.11 Å². The highest BCUT2D eigenvalue weighted by Crippen LogP contribution is 2.11. The molecule has 1 atom stereocenters. The van der Waals surface area contributed by atoms with Crippen LogP contribution >= 0.6 is 11.8 Å². The summed E-state index contributed by atoms with van der Waals surface area (Å²) in [5.74, 6) is 2.01. The van der Waals surface area contributed by atoms with Crippen molar-refractivity contribution in [1.82, 2.24) is 0 Å². The van der Waals surface area contributed by atoms with E-state index in [1.165, 1.54) is 76.4 Å². The highest BCUT2D eigenvalue weighted by molar-refractivity contribution is 7.99. The summed E-state index contributed by atoms with van der Waals surface area (Å²) >= 11 is 1.87. The fourth-order valence-corrected chi connectivity index (χ4v) is 3.40. The average molecular weight is 333 g/mol. The van der Waals surface area contributed by atoms with Gasteiger partial charge in [-0.15, -0.1) is 0 Å². The minimum absolute atomic E-state index is 0.287. The van der Waals surface area contributed by atoms with Crippen molar-refractivity contribution in [3.63, 3.8) is 0 Å². The quantitative estimate of drug-likeness (QED) is 0.321. The van der Waals surface area contributed by atoms with Gasteiger partial charge in [-0.2, -0.15) is 11.8 Å². The predicted molar refractivity (Wildman–Crippen MR) is 101 cm³/mol. The molecule has 22 heavy (non-hydrogen) atoms. The summed E-state index contributed by atoms with van der Waals surface area (Å²) in [7, 11) is 0. The molecule has 0 fully saturated rings. The van der Waals surface area contributed by atoms with Crippen LogP contribution < -0.4 is 0 Å². The molecule has 2 nitrogen and oxygen atoms in total. The number of aliphatic hydroxyl groups excluding tert-OH is 1. The predicted octanol–water partition coefficient (Wildman–Crippen LogP) is 5.82. The summed E-state index contributed by atoms with van der Waals surface area (Å²) < 4.78 is 5.56. The Hall–Kier alpha value is 0.270. The fourth-order valence-electron chi connectivity index (χ4n) is 2.46. The van der Waals surface area contributed by atoms with Crippen molar-refractivity contribution in [2.75, 3.05) is 24.7 Å². The molecule has 0 heterocycles. The molecule has 0 bridgehead atoms. The zero-order valence-corrected chi connectivity index (χ0v) is 16.0. The SMILES string of the molecule is CCCCCCCCOCC(O)CSCCCCCCCC. The molecule has 0 spiro atoms. The van der Waals surface area contributed by atoms with E-state index >= 15 is 0 Å². The summed E-state index contributed by atoms with van der Waals surface area (Å²) in [6.45, 7) is 5.82. The smallest absolute Gasteiger partial charge is 0.0863 e. The Kier molecular flexibility index (Phi) is 19.6. The second kappa shape index (κ2) is 19.3. The Morgan fingerprint density at radius 2 is 1.32 bits per heavy atom. The molecule has 1 unspecified atom stereocenters. The number of ether oxygens (including phenoxy) is 1. The van der Waals surface area contributed by atoms with E-state index in [0.717, 1.165) is 18.8 Å². The van der Waals surface area contributed by atoms with Crippen LogP contribution in [0, 0.1) is 0 Å². The molecule has 3 heteroatoms. The van der Waals surface area contributed by atoms with Crippen LogP contribution in [0.4, 0.5) is 0 Å². The maximum absolute atomic E-state index is 9.85. The molecule has 0 aromatic rings. The molecular formula is C19H40O2S. The van der Waals surface area contributed by atoms with Gasteiger partial charge in [-0.25, -0.2) is 0 Å². The third-order valence-electron chi connectivity index (χ3n) is 3.90. The largest absolute Gasteiger partial charge is 0.390 e. The van der Waals surface area contributed by atoms with Crippen molar-refractivity contribution in [3.05, 3.63) is 0 Å². The maximum atomic E-state index is 9.85. The molecule has 0 aliphatic rings. The van der Waals surface area contributed by atoms with E-state index in [2.05, 4.69) is 13.8 Å². The van der Waals surface area contributed by atoms with Gasteiger partial charge < -0.3 is 9.84 Å². The summed E-state index contributed by atoms with van der Waals surface area (Å²) in [6, 6.07) is 0. The molecule has 134 valence electrons. The standard InChI is InChI=1S/C19H40O2S/c1-3-5-7-9-11-13-15-21-17-19(20)18-22-16-14-12-10-8-6-4-2/h19-20H,3-18H2,1-2H3. The Morgan fingerprint density at radius 1 is 0.773 bits per heavy atom. The van der Waals surface area contributed by atoms with Crippen molar-refractivity contribution in [2.45, 2.75) is 97.0 Å². The number of unbranched alkanes of at least 4 members (excludes halogenated alkanes) is 10. The van der Waals surface area contributed by atoms with Gasteiger partial charge in [0.25, 0.3) is 0 Å². The minimum Gasteiger partial charge on any atom is -0.390 e. The second-order valence-corrected chi connectivity index (χ2v) is 7.49. The number of aliphatic hydroxyl groups is 1. The van der Waals surface area contributed by atoms with E-state index in [-0.39, 0.29) is 6.10 Å². The lowest BCUT2D eigenvalue weighted by molar-refractivity contribution is 0.0468. The van der Waals surface area contributed by atoms with Gasteiger partial charge in [0, 0.05) is 12.4 Å². The van der Waals surface area contributed by atoms with E-state index in [1.807, 2.05) is 11.8 Å². The third-order valence-corrected chi connectivity index (χ3v) is 5.10. The Labute approximate surface area is 143 Å². The molecular weight excluding hydrogens is 292 g/mol. The van der Waals surface area contributed by atoms with Crippen molar-refractivity contribution in [2.24, 2.45) is 0 Å². The van der Waals surface area contributed by atoms with Crippen LogP contribution in [0.1, 0.15) is 90.9 Å². The van der Waals surface area contributed by atoms with E-state index in [4.69, 9.17) is 4.74 Å². The lowest BCUT2D eigenvalue weighted by Crippen LogP contribution is -2.18. The van der Waals surface area contributed by atoms with Gasteiger partial charge in [0.05, 0.1) is 12.7 Å². The molecule has 1 N–H and O–H groups in total. The van der Waals surface area contributed by atoms with Crippen LogP contribution in [0.25, 0.3) is 0 Å². The van der Waals surface area contributed by atoms with Crippen LogP contribution in [0.2, 0.25) is 0 Å². The van der Waals surface area contributed by atoms with Gasteiger partial charge in [0.15, 0.2) is 0 Å². The van der Waals surface area contributed by atoms with E-state index in [0.29, 0.717) is 6.61 Å². The first-order valence-corrected chi connectivity index (χ1v) is 10.8. The molecule has 0 rings (SSSR count). The van der Waals surface area contributed by atoms with Crippen molar-refractivity contribution < 1.29 is 9.84 Å². The molecule has 0 radical (unpaired) electrons. The minimum atomic E-state index is -0.287. The van der Waals surface area contributed by atoms with Gasteiger partial charge in [-0.3, -0.25) is 0 Å². The molecule has 0 aromatic carbocycles. The first-order chi connectivity index (χ1) is 10.8. The highest BCUT2D eigenvalue weighted by atomic mass is 32.2. The molecule has 0 amide bonds. The van der Waals surface area contributed by atoms with Crippen LogP contribution in [-0.2, 0) is 4.74 Å². The third kappa shape index (κ3) is 18.3. The van der Waals surface area contributed by atoms with Crippen LogP contribution in [0.15, 0.2) is 0 Å². The summed E-state index contributed by atoms with van der Waals surface area (Å²) in [4.78, 5) is 0. The second-order valence-electron chi connectivity index (χ2n) is 6.34. The topological polar surface area (TPSA) is 29.5 Å². The Balaban J connectivity index is 3.11. The normalized spacial score (nSPS) is 12.7. The average Bonchev–Trinajstić information content (AvgIpc) is 2.52. The molecule has 0 saturated heterocycles. The highest BCUT2D eigenvalue weighted by Gasteiger charge is 2.04. The number of hydrogen-bond acceptors (Lipinski definition) is 3. The Morgan fingerprint density at radius 3 is 1.95 bits per heavy atom. The van der Waals surface area contributed by atoms with Gasteiger partial charge in [0.2, 0.25) is 0 Å². The molecule has 0 aliphatic carbocycles. The van der Waals surface area contributed by atoms with Gasteiger partial charge in [-0.1, -0.05) is 78.1 Å². The summed E-state index contributed by atoms with van der Waals surface area (Å²) in [5.41, 5.74) is 0. The van der Waals surface area contributed by atoms with Crippen molar-refractivity contribution >= 4 is 11.8 Å². The van der Waals surface area contributed by atoms with Crippen molar-refractivity contribution in [1.29, 1.82) is 0 Å². The number of thioether (sulfide) groups is 1. The lowest BCUT2D eigenvalue weighted by atomic mass is 10.1. The van der Waals surface area contributed by atoms with Crippen molar-refractivity contribution in [3.8, 4) is 0 Å². The molecule has 0 aromatic heterocycles. The number of rotatable bonds is 18. The van der Waals surface area contributed by atoms with Crippen LogP contribution in [0.3, 0.4) is 0 Å². The van der Waals surface area contributed by atoms with Crippen LogP contribution in [0.5, 0.6) is 0 Å². The zero-order chi connectivity index (χ0) is 16.3. The summed E-state index contributed by atoms with van der Waals surface area (Å²) in [5, 5.41) is 9.85. The first kappa shape index (κ1) is 22.3. The van der Waals surface area contributed by atoms with E-state index < -0.39 is 0 Å².